The van der Waals surface area contributed by atoms with Crippen LogP contribution in [0, 0.1) is 18.8 Å². The second-order valence-corrected chi connectivity index (χ2v) is 6.12. The van der Waals surface area contributed by atoms with Crippen molar-refractivity contribution in [3.05, 3.63) is 23.9 Å². The molecule has 0 radical (unpaired) electrons. The SMILES string of the molecule is Cc1ccc(NC(=O)C2CCCCC2C(F)(F)F)c2[nH]ncc12. The van der Waals surface area contributed by atoms with E-state index in [0.29, 0.717) is 24.0 Å². The minimum Gasteiger partial charge on any atom is -0.324 e. The van der Waals surface area contributed by atoms with E-state index in [2.05, 4.69) is 15.5 Å². The van der Waals surface area contributed by atoms with E-state index in [1.165, 1.54) is 0 Å². The zero-order valence-electron chi connectivity index (χ0n) is 12.7. The smallest absolute Gasteiger partial charge is 0.324 e. The van der Waals surface area contributed by atoms with E-state index in [9.17, 15) is 18.0 Å². The number of H-pyrrole nitrogens is 1. The fourth-order valence-electron chi connectivity index (χ4n) is 3.34. The molecule has 1 saturated carbocycles. The van der Waals surface area contributed by atoms with E-state index in [4.69, 9.17) is 0 Å². The average molecular weight is 325 g/mol. The summed E-state index contributed by atoms with van der Waals surface area (Å²) in [5.74, 6) is -3.14. The zero-order valence-corrected chi connectivity index (χ0v) is 12.7. The maximum absolute atomic E-state index is 13.2. The number of hydrogen-bond donors (Lipinski definition) is 2. The summed E-state index contributed by atoms with van der Waals surface area (Å²) in [5, 5.41) is 10.2. The quantitative estimate of drug-likeness (QED) is 0.870. The Bertz CT molecular complexity index is 723. The Morgan fingerprint density at radius 2 is 2.04 bits per heavy atom. The second-order valence-electron chi connectivity index (χ2n) is 6.12. The molecule has 0 aliphatic heterocycles. The number of rotatable bonds is 2. The molecule has 2 N–H and O–H groups in total. The number of carbonyl (C=O) groups excluding carboxylic acids is 1. The Morgan fingerprint density at radius 3 is 2.78 bits per heavy atom. The van der Waals surface area contributed by atoms with Gasteiger partial charge in [-0.1, -0.05) is 18.9 Å². The molecule has 1 aromatic heterocycles. The molecule has 1 aromatic carbocycles. The third-order valence-electron chi connectivity index (χ3n) is 4.61. The zero-order chi connectivity index (χ0) is 16.6. The fourth-order valence-corrected chi connectivity index (χ4v) is 3.34. The summed E-state index contributed by atoms with van der Waals surface area (Å²) >= 11 is 0. The van der Waals surface area contributed by atoms with Crippen LogP contribution in [0.25, 0.3) is 10.9 Å². The molecule has 1 amide bonds. The third kappa shape index (κ3) is 3.04. The van der Waals surface area contributed by atoms with Crippen LogP contribution in [-0.2, 0) is 4.79 Å². The lowest BCUT2D eigenvalue weighted by molar-refractivity contribution is -0.197. The molecule has 0 saturated heterocycles. The predicted molar refractivity (Wildman–Crippen MR) is 81.0 cm³/mol. The van der Waals surface area contributed by atoms with E-state index in [-0.39, 0.29) is 12.8 Å². The van der Waals surface area contributed by atoms with Crippen LogP contribution in [0.4, 0.5) is 18.9 Å². The highest BCUT2D eigenvalue weighted by Gasteiger charge is 2.48. The molecule has 2 unspecified atom stereocenters. The van der Waals surface area contributed by atoms with Crippen LogP contribution in [0.2, 0.25) is 0 Å². The number of aromatic nitrogens is 2. The molecule has 124 valence electrons. The van der Waals surface area contributed by atoms with E-state index >= 15 is 0 Å². The van der Waals surface area contributed by atoms with Gasteiger partial charge in [-0.2, -0.15) is 18.3 Å². The Labute approximate surface area is 131 Å². The molecule has 1 aliphatic rings. The standard InChI is InChI=1S/C16H18F3N3O/c1-9-6-7-13(14-11(9)8-20-22-14)21-15(23)10-4-2-3-5-12(10)16(17,18)19/h6-8,10,12H,2-5H2,1H3,(H,20,22)(H,21,23). The highest BCUT2D eigenvalue weighted by atomic mass is 19.4. The molecule has 7 heteroatoms. The molecule has 23 heavy (non-hydrogen) atoms. The molecular formula is C16H18F3N3O. The van der Waals surface area contributed by atoms with Gasteiger partial charge in [0.2, 0.25) is 5.91 Å². The predicted octanol–water partition coefficient (Wildman–Crippen LogP) is 4.18. The van der Waals surface area contributed by atoms with Crippen LogP contribution < -0.4 is 5.32 Å². The molecule has 3 rings (SSSR count). The lowest BCUT2D eigenvalue weighted by Crippen LogP contribution is -2.39. The van der Waals surface area contributed by atoms with Gasteiger partial charge in [0, 0.05) is 11.3 Å². The molecule has 2 aromatic rings. The summed E-state index contributed by atoms with van der Waals surface area (Å²) in [5.41, 5.74) is 2.09. The number of hydrogen-bond acceptors (Lipinski definition) is 2. The Hall–Kier alpha value is -2.05. The highest BCUT2D eigenvalue weighted by Crippen LogP contribution is 2.42. The molecule has 2 atom stereocenters. The summed E-state index contributed by atoms with van der Waals surface area (Å²) in [6.45, 7) is 1.91. The monoisotopic (exact) mass is 325 g/mol. The Kier molecular flexibility index (Phi) is 4.04. The van der Waals surface area contributed by atoms with Gasteiger partial charge in [-0.15, -0.1) is 0 Å². The number of amides is 1. The van der Waals surface area contributed by atoms with Gasteiger partial charge in [0.1, 0.15) is 0 Å². The first-order chi connectivity index (χ1) is 10.9. The van der Waals surface area contributed by atoms with Crippen LogP contribution in [0.3, 0.4) is 0 Å². The fraction of sp³-hybridized carbons (Fsp3) is 0.500. The molecule has 1 fully saturated rings. The van der Waals surface area contributed by atoms with E-state index in [0.717, 1.165) is 10.9 Å². The number of nitrogens with one attached hydrogen (secondary N) is 2. The molecule has 0 bridgehead atoms. The number of carbonyl (C=O) groups is 1. The lowest BCUT2D eigenvalue weighted by Gasteiger charge is -2.32. The van der Waals surface area contributed by atoms with Gasteiger partial charge in [-0.25, -0.2) is 0 Å². The topological polar surface area (TPSA) is 57.8 Å². The number of nitrogens with zero attached hydrogens (tertiary/aromatic N) is 1. The van der Waals surface area contributed by atoms with E-state index in [1.54, 1.807) is 12.3 Å². The van der Waals surface area contributed by atoms with E-state index < -0.39 is 23.9 Å². The second kappa shape index (κ2) is 5.86. The van der Waals surface area contributed by atoms with Crippen molar-refractivity contribution in [3.8, 4) is 0 Å². The van der Waals surface area contributed by atoms with Crippen LogP contribution >= 0.6 is 0 Å². The van der Waals surface area contributed by atoms with Gasteiger partial charge in [0.25, 0.3) is 0 Å². The van der Waals surface area contributed by atoms with Crippen LogP contribution in [0.15, 0.2) is 18.3 Å². The summed E-state index contributed by atoms with van der Waals surface area (Å²) in [6.07, 6.45) is -1.23. The minimum absolute atomic E-state index is 0.0228. The van der Waals surface area contributed by atoms with Crippen molar-refractivity contribution in [1.29, 1.82) is 0 Å². The first kappa shape index (κ1) is 15.8. The van der Waals surface area contributed by atoms with Crippen molar-refractivity contribution in [2.75, 3.05) is 5.32 Å². The number of aryl methyl sites for hydroxylation is 1. The van der Waals surface area contributed by atoms with Gasteiger partial charge < -0.3 is 5.32 Å². The van der Waals surface area contributed by atoms with Crippen molar-refractivity contribution in [2.45, 2.75) is 38.8 Å². The van der Waals surface area contributed by atoms with Gasteiger partial charge in [-0.05, 0) is 31.4 Å². The van der Waals surface area contributed by atoms with Crippen molar-refractivity contribution >= 4 is 22.5 Å². The van der Waals surface area contributed by atoms with Crippen molar-refractivity contribution in [3.63, 3.8) is 0 Å². The summed E-state index contributed by atoms with van der Waals surface area (Å²) in [6, 6.07) is 3.51. The number of anilines is 1. The highest BCUT2D eigenvalue weighted by molar-refractivity contribution is 6.02. The molecular weight excluding hydrogens is 307 g/mol. The number of fused-ring (bicyclic) bond motifs is 1. The largest absolute Gasteiger partial charge is 0.392 e. The van der Waals surface area contributed by atoms with Crippen LogP contribution in [0.5, 0.6) is 0 Å². The van der Waals surface area contributed by atoms with Crippen molar-refractivity contribution in [2.24, 2.45) is 11.8 Å². The number of alkyl halides is 3. The van der Waals surface area contributed by atoms with Gasteiger partial charge >= 0.3 is 6.18 Å². The molecule has 0 spiro atoms. The van der Waals surface area contributed by atoms with E-state index in [1.807, 2.05) is 13.0 Å². The number of aromatic amines is 1. The molecule has 1 heterocycles. The molecule has 4 nitrogen and oxygen atoms in total. The Balaban J connectivity index is 1.85. The minimum atomic E-state index is -4.33. The first-order valence-corrected chi connectivity index (χ1v) is 7.68. The van der Waals surface area contributed by atoms with Crippen LogP contribution in [0.1, 0.15) is 31.2 Å². The first-order valence-electron chi connectivity index (χ1n) is 7.68. The van der Waals surface area contributed by atoms with Crippen molar-refractivity contribution < 1.29 is 18.0 Å². The normalized spacial score (nSPS) is 22.3. The van der Waals surface area contributed by atoms with Gasteiger partial charge in [0.15, 0.2) is 0 Å². The summed E-state index contributed by atoms with van der Waals surface area (Å²) in [4.78, 5) is 12.4. The maximum Gasteiger partial charge on any atom is 0.392 e. The Morgan fingerprint density at radius 1 is 1.30 bits per heavy atom. The number of benzene rings is 1. The lowest BCUT2D eigenvalue weighted by atomic mass is 9.78. The molecule has 1 aliphatic carbocycles. The summed E-state index contributed by atoms with van der Waals surface area (Å²) < 4.78 is 39.5. The van der Waals surface area contributed by atoms with Crippen LogP contribution in [-0.4, -0.2) is 22.3 Å². The summed E-state index contributed by atoms with van der Waals surface area (Å²) in [7, 11) is 0. The third-order valence-corrected chi connectivity index (χ3v) is 4.61. The van der Waals surface area contributed by atoms with Gasteiger partial charge in [-0.3, -0.25) is 9.89 Å². The van der Waals surface area contributed by atoms with Crippen molar-refractivity contribution in [1.82, 2.24) is 10.2 Å². The maximum atomic E-state index is 13.2. The number of halogens is 3. The van der Waals surface area contributed by atoms with Gasteiger partial charge in [0.05, 0.1) is 23.3 Å². The average Bonchev–Trinajstić information content (AvgIpc) is 3.00.